The summed E-state index contributed by atoms with van der Waals surface area (Å²) >= 11 is 0. The van der Waals surface area contributed by atoms with Crippen LogP contribution in [0, 0.1) is 0 Å². The summed E-state index contributed by atoms with van der Waals surface area (Å²) < 4.78 is 0. The molecule has 0 saturated carbocycles. The number of phenolic OH excluding ortho intramolecular Hbond substituents is 2. The van der Waals surface area contributed by atoms with Crippen molar-refractivity contribution in [1.29, 1.82) is 0 Å². The molecule has 0 bridgehead atoms. The van der Waals surface area contributed by atoms with E-state index in [4.69, 9.17) is 22.9 Å². The predicted octanol–water partition coefficient (Wildman–Crippen LogP) is -1.93. The summed E-state index contributed by atoms with van der Waals surface area (Å²) in [5, 5.41) is 36.2. The van der Waals surface area contributed by atoms with Crippen molar-refractivity contribution in [3.63, 3.8) is 0 Å². The summed E-state index contributed by atoms with van der Waals surface area (Å²) in [4.78, 5) is 66.8. The first kappa shape index (κ1) is 35.8. The Morgan fingerprint density at radius 1 is 0.689 bits per heavy atom. The van der Waals surface area contributed by atoms with E-state index in [1.807, 2.05) is 0 Å². The Balaban J connectivity index is 2.23. The van der Waals surface area contributed by atoms with Gasteiger partial charge < -0.3 is 54.2 Å². The van der Waals surface area contributed by atoms with Crippen LogP contribution in [0.3, 0.4) is 0 Å². The van der Waals surface area contributed by atoms with Crippen molar-refractivity contribution in [1.82, 2.24) is 16.0 Å². The Kier molecular flexibility index (Phi) is 14.1. The molecule has 0 spiro atoms. The molecule has 0 saturated heterocycles. The number of hydrogen-bond acceptors (Lipinski definition) is 9. The number of aliphatic carboxylic acids is 1. The molecule has 2 rings (SSSR count). The number of amides is 4. The average Bonchev–Trinajstić information content (AvgIpc) is 2.97. The third-order valence-corrected chi connectivity index (χ3v) is 6.61. The van der Waals surface area contributed by atoms with Crippen LogP contribution in [0.25, 0.3) is 0 Å². The van der Waals surface area contributed by atoms with Crippen LogP contribution in [0.2, 0.25) is 0 Å². The highest BCUT2D eigenvalue weighted by atomic mass is 16.4. The van der Waals surface area contributed by atoms with Gasteiger partial charge in [-0.2, -0.15) is 0 Å². The average molecular weight is 629 g/mol. The summed E-state index contributed by atoms with van der Waals surface area (Å²) in [6.07, 6.45) is -0.370. The van der Waals surface area contributed by atoms with Gasteiger partial charge in [0, 0.05) is 19.4 Å². The monoisotopic (exact) mass is 628 g/mol. The van der Waals surface area contributed by atoms with E-state index in [-0.39, 0.29) is 62.5 Å². The Bertz CT molecular complexity index is 1350. The normalized spacial score (nSPS) is 13.4. The van der Waals surface area contributed by atoms with Gasteiger partial charge in [-0.3, -0.25) is 24.2 Å². The van der Waals surface area contributed by atoms with Gasteiger partial charge in [-0.1, -0.05) is 24.3 Å². The fraction of sp³-hybridized carbons (Fsp3) is 0.379. The number of nitrogens with zero attached hydrogens (tertiary/aromatic N) is 1. The molecule has 0 fully saturated rings. The van der Waals surface area contributed by atoms with E-state index < -0.39 is 53.8 Å². The molecule has 4 unspecified atom stereocenters. The molecule has 16 nitrogen and oxygen atoms in total. The maximum atomic E-state index is 13.5. The lowest BCUT2D eigenvalue weighted by Crippen LogP contribution is -2.57. The van der Waals surface area contributed by atoms with Gasteiger partial charge in [-0.05, 0) is 61.1 Å². The fourth-order valence-electron chi connectivity index (χ4n) is 4.20. The summed E-state index contributed by atoms with van der Waals surface area (Å²) in [7, 11) is 0. The molecule has 0 aliphatic heterocycles. The number of nitrogens with two attached hydrogens (primary N) is 4. The van der Waals surface area contributed by atoms with Gasteiger partial charge in [0.15, 0.2) is 5.96 Å². The number of benzene rings is 2. The molecule has 0 aliphatic rings. The van der Waals surface area contributed by atoms with Gasteiger partial charge in [0.25, 0.3) is 0 Å². The zero-order valence-corrected chi connectivity index (χ0v) is 24.5. The lowest BCUT2D eigenvalue weighted by Gasteiger charge is -2.25. The van der Waals surface area contributed by atoms with E-state index in [1.54, 1.807) is 12.1 Å². The lowest BCUT2D eigenvalue weighted by molar-refractivity contribution is -0.142. The maximum Gasteiger partial charge on any atom is 0.326 e. The maximum absolute atomic E-state index is 13.5. The summed E-state index contributed by atoms with van der Waals surface area (Å²) in [6, 6.07) is 6.82. The second-order valence-corrected chi connectivity index (χ2v) is 10.3. The number of aromatic hydroxyl groups is 2. The second-order valence-electron chi connectivity index (χ2n) is 10.3. The largest absolute Gasteiger partial charge is 0.508 e. The predicted molar refractivity (Wildman–Crippen MR) is 163 cm³/mol. The Morgan fingerprint density at radius 3 is 1.69 bits per heavy atom. The summed E-state index contributed by atoms with van der Waals surface area (Å²) in [5.41, 5.74) is 23.1. The first-order chi connectivity index (χ1) is 21.2. The number of rotatable bonds is 18. The third kappa shape index (κ3) is 13.2. The van der Waals surface area contributed by atoms with E-state index in [0.29, 0.717) is 11.1 Å². The van der Waals surface area contributed by atoms with Gasteiger partial charge >= 0.3 is 5.97 Å². The van der Waals surface area contributed by atoms with Gasteiger partial charge in [-0.25, -0.2) is 4.79 Å². The molecule has 16 heteroatoms. The Labute approximate surface area is 259 Å². The van der Waals surface area contributed by atoms with Crippen LogP contribution in [-0.2, 0) is 36.8 Å². The zero-order valence-electron chi connectivity index (χ0n) is 24.5. The van der Waals surface area contributed by atoms with E-state index in [2.05, 4.69) is 20.9 Å². The third-order valence-electron chi connectivity index (χ3n) is 6.61. The van der Waals surface area contributed by atoms with E-state index in [9.17, 15) is 39.3 Å². The van der Waals surface area contributed by atoms with Crippen LogP contribution < -0.4 is 38.9 Å². The molecule has 0 aromatic heterocycles. The molecule has 2 aromatic rings. The fourth-order valence-corrected chi connectivity index (χ4v) is 4.20. The van der Waals surface area contributed by atoms with Gasteiger partial charge in [0.05, 0.1) is 6.04 Å². The summed E-state index contributed by atoms with van der Waals surface area (Å²) in [5.74, 6) is -4.65. The molecule has 0 radical (unpaired) electrons. The molecule has 0 aliphatic carbocycles. The number of carbonyl (C=O) groups is 5. The van der Waals surface area contributed by atoms with Crippen LogP contribution in [0.4, 0.5) is 0 Å². The first-order valence-corrected chi connectivity index (χ1v) is 14.0. The van der Waals surface area contributed by atoms with Crippen LogP contribution in [-0.4, -0.2) is 81.6 Å². The highest BCUT2D eigenvalue weighted by molar-refractivity contribution is 5.94. The molecule has 244 valence electrons. The lowest BCUT2D eigenvalue weighted by atomic mass is 10.0. The van der Waals surface area contributed by atoms with Crippen molar-refractivity contribution < 1.29 is 39.3 Å². The number of guanidine groups is 1. The number of primary amides is 1. The minimum absolute atomic E-state index is 0.0193. The Morgan fingerprint density at radius 2 is 1.18 bits per heavy atom. The van der Waals surface area contributed by atoms with Gasteiger partial charge in [0.1, 0.15) is 29.6 Å². The number of carboxylic acids is 1. The highest BCUT2D eigenvalue weighted by Gasteiger charge is 2.30. The zero-order chi connectivity index (χ0) is 33.5. The number of nitrogens with one attached hydrogen (secondary N) is 3. The highest BCUT2D eigenvalue weighted by Crippen LogP contribution is 2.14. The number of carboxylic acid groups (broad SMARTS) is 1. The smallest absolute Gasteiger partial charge is 0.326 e. The first-order valence-electron chi connectivity index (χ1n) is 14.0. The van der Waals surface area contributed by atoms with Crippen molar-refractivity contribution >= 4 is 35.6 Å². The van der Waals surface area contributed by atoms with E-state index >= 15 is 0 Å². The van der Waals surface area contributed by atoms with Crippen LogP contribution in [0.1, 0.15) is 36.8 Å². The summed E-state index contributed by atoms with van der Waals surface area (Å²) in [6.45, 7) is 0.122. The SMILES string of the molecule is NC(=O)CCC(NC(=O)C(Cc1ccc(O)cc1)NC(=O)C(N)Cc1ccc(O)cc1)C(=O)NC(CCCN=C(N)N)C(=O)O. The number of hydrogen-bond donors (Lipinski definition) is 10. The molecular formula is C29H40N8O8. The molecule has 0 heterocycles. The molecule has 2 aromatic carbocycles. The van der Waals surface area contributed by atoms with Crippen molar-refractivity contribution in [3.8, 4) is 11.5 Å². The molecule has 45 heavy (non-hydrogen) atoms. The topological polar surface area (TPSA) is 299 Å². The van der Waals surface area contributed by atoms with E-state index in [0.717, 1.165) is 0 Å². The van der Waals surface area contributed by atoms with Crippen molar-refractivity contribution in [2.24, 2.45) is 27.9 Å². The number of phenols is 2. The van der Waals surface area contributed by atoms with Crippen molar-refractivity contribution in [2.75, 3.05) is 6.54 Å². The van der Waals surface area contributed by atoms with Crippen molar-refractivity contribution in [2.45, 2.75) is 62.7 Å². The minimum Gasteiger partial charge on any atom is -0.508 e. The molecule has 14 N–H and O–H groups in total. The van der Waals surface area contributed by atoms with Crippen LogP contribution in [0.15, 0.2) is 53.5 Å². The molecule has 4 atom stereocenters. The van der Waals surface area contributed by atoms with E-state index in [1.165, 1.54) is 36.4 Å². The van der Waals surface area contributed by atoms with Gasteiger partial charge in [-0.15, -0.1) is 0 Å². The molecule has 4 amide bonds. The second kappa shape index (κ2) is 17.7. The quantitative estimate of drug-likeness (QED) is 0.0492. The number of carbonyl (C=O) groups excluding carboxylic acids is 4. The van der Waals surface area contributed by atoms with Gasteiger partial charge in [0.2, 0.25) is 23.6 Å². The van der Waals surface area contributed by atoms with Crippen LogP contribution >= 0.6 is 0 Å². The van der Waals surface area contributed by atoms with Crippen molar-refractivity contribution in [3.05, 3.63) is 59.7 Å². The molecular weight excluding hydrogens is 588 g/mol. The number of aliphatic imine (C=N–C) groups is 1. The standard InChI is InChI=1S/C29H40N8O8/c30-20(14-16-3-7-18(38)8-4-16)25(41)37-23(15-17-5-9-19(39)10-6-17)27(43)35-21(11-12-24(31)40)26(42)36-22(28(44)45)2-1-13-34-29(32)33/h3-10,20-23,38-39H,1-2,11-15,30H2,(H2,31,40)(H,35,43)(H,36,42)(H,37,41)(H,44,45)(H4,32,33,34). The van der Waals surface area contributed by atoms with Crippen LogP contribution in [0.5, 0.6) is 11.5 Å². The Hall–Kier alpha value is -5.38. The minimum atomic E-state index is -1.39.